The highest BCUT2D eigenvalue weighted by Gasteiger charge is 2.19. The van der Waals surface area contributed by atoms with Crippen molar-refractivity contribution in [2.45, 2.75) is 25.5 Å². The summed E-state index contributed by atoms with van der Waals surface area (Å²) in [7, 11) is 4.11. The van der Waals surface area contributed by atoms with Gasteiger partial charge in [0.2, 0.25) is 0 Å². The van der Waals surface area contributed by atoms with Crippen molar-refractivity contribution in [3.05, 3.63) is 29.8 Å². The third-order valence-corrected chi connectivity index (χ3v) is 3.82. The fourth-order valence-electron chi connectivity index (χ4n) is 2.63. The minimum atomic E-state index is 0.163. The van der Waals surface area contributed by atoms with E-state index in [1.165, 1.54) is 5.56 Å². The molecule has 0 radical (unpaired) electrons. The summed E-state index contributed by atoms with van der Waals surface area (Å²) in [6, 6.07) is 8.60. The molecule has 4 heteroatoms. The second-order valence-corrected chi connectivity index (χ2v) is 5.35. The van der Waals surface area contributed by atoms with Gasteiger partial charge in [-0.2, -0.15) is 0 Å². The smallest absolute Gasteiger partial charge is 0.124 e. The Morgan fingerprint density at radius 1 is 1.45 bits per heavy atom. The SMILES string of the molecule is CCC(NC)c1ccccc1OCC1CN(C)CCO1. The highest BCUT2D eigenvalue weighted by molar-refractivity contribution is 5.35. The highest BCUT2D eigenvalue weighted by Crippen LogP contribution is 2.27. The normalized spacial score (nSPS) is 21.6. The van der Waals surface area contributed by atoms with Crippen LogP contribution in [0.4, 0.5) is 0 Å². The zero-order valence-electron chi connectivity index (χ0n) is 12.8. The van der Waals surface area contributed by atoms with Gasteiger partial charge in [0.25, 0.3) is 0 Å². The van der Waals surface area contributed by atoms with Crippen molar-refractivity contribution in [1.29, 1.82) is 0 Å². The first-order valence-corrected chi connectivity index (χ1v) is 7.43. The minimum absolute atomic E-state index is 0.163. The standard InChI is InChI=1S/C16H26N2O2/c1-4-15(17-2)14-7-5-6-8-16(14)20-12-13-11-18(3)9-10-19-13/h5-8,13,15,17H,4,9-12H2,1-3H3. The number of hydrogen-bond acceptors (Lipinski definition) is 4. The number of para-hydroxylation sites is 1. The molecule has 2 atom stereocenters. The second-order valence-electron chi connectivity index (χ2n) is 5.35. The molecule has 2 unspecified atom stereocenters. The summed E-state index contributed by atoms with van der Waals surface area (Å²) < 4.78 is 11.8. The molecule has 1 aliphatic rings. The van der Waals surface area contributed by atoms with Crippen molar-refractivity contribution in [1.82, 2.24) is 10.2 Å². The fourth-order valence-corrected chi connectivity index (χ4v) is 2.63. The van der Waals surface area contributed by atoms with Gasteiger partial charge in [-0.05, 0) is 26.6 Å². The Bertz CT molecular complexity index is 407. The van der Waals surface area contributed by atoms with Crippen molar-refractivity contribution in [3.8, 4) is 5.75 Å². The fraction of sp³-hybridized carbons (Fsp3) is 0.625. The summed E-state index contributed by atoms with van der Waals surface area (Å²) in [5.41, 5.74) is 1.22. The topological polar surface area (TPSA) is 33.7 Å². The molecule has 20 heavy (non-hydrogen) atoms. The first-order valence-electron chi connectivity index (χ1n) is 7.43. The van der Waals surface area contributed by atoms with E-state index in [0.29, 0.717) is 12.6 Å². The van der Waals surface area contributed by atoms with Crippen molar-refractivity contribution in [2.75, 3.05) is 40.4 Å². The predicted molar refractivity (Wildman–Crippen MR) is 81.3 cm³/mol. The number of benzene rings is 1. The van der Waals surface area contributed by atoms with Gasteiger partial charge in [0, 0.05) is 24.7 Å². The molecule has 1 aromatic carbocycles. The van der Waals surface area contributed by atoms with Crippen LogP contribution in [0.2, 0.25) is 0 Å². The van der Waals surface area contributed by atoms with Gasteiger partial charge in [-0.1, -0.05) is 25.1 Å². The summed E-state index contributed by atoms with van der Waals surface area (Å²) in [5, 5.41) is 3.33. The molecule has 1 fully saturated rings. The largest absolute Gasteiger partial charge is 0.490 e. The molecular formula is C16H26N2O2. The molecule has 1 saturated heterocycles. The maximum atomic E-state index is 6.02. The third kappa shape index (κ3) is 3.95. The van der Waals surface area contributed by atoms with Gasteiger partial charge in [-0.15, -0.1) is 0 Å². The van der Waals surface area contributed by atoms with Crippen LogP contribution in [0, 0.1) is 0 Å². The molecule has 2 rings (SSSR count). The van der Waals surface area contributed by atoms with Gasteiger partial charge in [0.15, 0.2) is 0 Å². The molecule has 0 amide bonds. The van der Waals surface area contributed by atoms with E-state index in [2.05, 4.69) is 36.3 Å². The molecular weight excluding hydrogens is 252 g/mol. The molecule has 112 valence electrons. The summed E-state index contributed by atoms with van der Waals surface area (Å²) in [6.45, 7) is 5.52. The number of rotatable bonds is 6. The molecule has 0 saturated carbocycles. The maximum Gasteiger partial charge on any atom is 0.124 e. The lowest BCUT2D eigenvalue weighted by molar-refractivity contribution is -0.0405. The zero-order chi connectivity index (χ0) is 14.4. The number of morpholine rings is 1. The lowest BCUT2D eigenvalue weighted by Gasteiger charge is -2.30. The van der Waals surface area contributed by atoms with Gasteiger partial charge in [-0.25, -0.2) is 0 Å². The van der Waals surface area contributed by atoms with E-state index in [0.717, 1.165) is 31.9 Å². The van der Waals surface area contributed by atoms with Crippen LogP contribution >= 0.6 is 0 Å². The van der Waals surface area contributed by atoms with Crippen molar-refractivity contribution < 1.29 is 9.47 Å². The highest BCUT2D eigenvalue weighted by atomic mass is 16.5. The number of nitrogens with one attached hydrogen (secondary N) is 1. The van der Waals surface area contributed by atoms with E-state index >= 15 is 0 Å². The molecule has 1 N–H and O–H groups in total. The lowest BCUT2D eigenvalue weighted by Crippen LogP contribution is -2.42. The Morgan fingerprint density at radius 3 is 2.95 bits per heavy atom. The Balaban J connectivity index is 1.98. The van der Waals surface area contributed by atoms with Crippen molar-refractivity contribution >= 4 is 0 Å². The Labute approximate surface area is 122 Å². The van der Waals surface area contributed by atoms with Crippen molar-refractivity contribution in [3.63, 3.8) is 0 Å². The first-order chi connectivity index (χ1) is 9.74. The summed E-state index contributed by atoms with van der Waals surface area (Å²) in [4.78, 5) is 2.28. The molecule has 0 spiro atoms. The van der Waals surface area contributed by atoms with E-state index in [9.17, 15) is 0 Å². The molecule has 1 aliphatic heterocycles. The Hall–Kier alpha value is -1.10. The Kier molecular flexibility index (Phi) is 5.83. The Morgan fingerprint density at radius 2 is 2.25 bits per heavy atom. The van der Waals surface area contributed by atoms with Crippen LogP contribution in [0.15, 0.2) is 24.3 Å². The predicted octanol–water partition coefficient (Wildman–Crippen LogP) is 2.07. The number of likely N-dealkylation sites (N-methyl/N-ethyl adjacent to an activating group) is 1. The van der Waals surface area contributed by atoms with E-state index in [4.69, 9.17) is 9.47 Å². The molecule has 0 aromatic heterocycles. The molecule has 1 aromatic rings. The quantitative estimate of drug-likeness (QED) is 0.863. The summed E-state index contributed by atoms with van der Waals surface area (Å²) in [6.07, 6.45) is 1.20. The summed E-state index contributed by atoms with van der Waals surface area (Å²) in [5.74, 6) is 0.963. The van der Waals surface area contributed by atoms with E-state index in [1.807, 2.05) is 19.2 Å². The number of nitrogens with zero attached hydrogens (tertiary/aromatic N) is 1. The number of ether oxygens (including phenoxy) is 2. The van der Waals surface area contributed by atoms with E-state index in [-0.39, 0.29) is 6.10 Å². The molecule has 1 heterocycles. The zero-order valence-corrected chi connectivity index (χ0v) is 12.8. The van der Waals surface area contributed by atoms with Crippen LogP contribution in [0.3, 0.4) is 0 Å². The van der Waals surface area contributed by atoms with Gasteiger partial charge >= 0.3 is 0 Å². The van der Waals surface area contributed by atoms with Gasteiger partial charge in [-0.3, -0.25) is 0 Å². The number of hydrogen-bond donors (Lipinski definition) is 1. The van der Waals surface area contributed by atoms with Crippen LogP contribution in [0.25, 0.3) is 0 Å². The van der Waals surface area contributed by atoms with Gasteiger partial charge < -0.3 is 19.7 Å². The van der Waals surface area contributed by atoms with Crippen LogP contribution in [-0.4, -0.2) is 51.4 Å². The van der Waals surface area contributed by atoms with E-state index < -0.39 is 0 Å². The van der Waals surface area contributed by atoms with Crippen LogP contribution in [-0.2, 0) is 4.74 Å². The third-order valence-electron chi connectivity index (χ3n) is 3.82. The van der Waals surface area contributed by atoms with Gasteiger partial charge in [0.1, 0.15) is 18.5 Å². The first kappa shape index (κ1) is 15.3. The second kappa shape index (κ2) is 7.62. The molecule has 0 aliphatic carbocycles. The van der Waals surface area contributed by atoms with Crippen LogP contribution in [0.1, 0.15) is 24.9 Å². The van der Waals surface area contributed by atoms with E-state index in [1.54, 1.807) is 0 Å². The lowest BCUT2D eigenvalue weighted by atomic mass is 10.0. The minimum Gasteiger partial charge on any atom is -0.490 e. The monoisotopic (exact) mass is 278 g/mol. The van der Waals surface area contributed by atoms with Crippen LogP contribution in [0.5, 0.6) is 5.75 Å². The maximum absolute atomic E-state index is 6.02. The molecule has 4 nitrogen and oxygen atoms in total. The summed E-state index contributed by atoms with van der Waals surface area (Å²) >= 11 is 0. The average molecular weight is 278 g/mol. The van der Waals surface area contributed by atoms with Crippen molar-refractivity contribution in [2.24, 2.45) is 0 Å². The van der Waals surface area contributed by atoms with Crippen LogP contribution < -0.4 is 10.1 Å². The average Bonchev–Trinajstić information content (AvgIpc) is 2.48. The van der Waals surface area contributed by atoms with Gasteiger partial charge in [0.05, 0.1) is 6.61 Å². The molecule has 0 bridgehead atoms.